The van der Waals surface area contributed by atoms with Crippen molar-refractivity contribution < 1.29 is 9.59 Å². The van der Waals surface area contributed by atoms with E-state index in [9.17, 15) is 9.59 Å². The topological polar surface area (TPSA) is 58.5 Å². The third-order valence-corrected chi connectivity index (χ3v) is 3.99. The van der Waals surface area contributed by atoms with Crippen molar-refractivity contribution in [3.63, 3.8) is 0 Å². The lowest BCUT2D eigenvalue weighted by Crippen LogP contribution is -2.27. The molecule has 106 valence electrons. The second kappa shape index (κ2) is 7.24. The van der Waals surface area contributed by atoms with Crippen molar-refractivity contribution in [1.29, 1.82) is 0 Å². The van der Waals surface area contributed by atoms with Crippen LogP contribution in [0.25, 0.3) is 0 Å². The molecule has 1 aliphatic heterocycles. The first-order chi connectivity index (χ1) is 9.69. The van der Waals surface area contributed by atoms with Crippen LogP contribution in [0.2, 0.25) is 0 Å². The fraction of sp³-hybridized carbons (Fsp3) is 0.400. The number of nitrogens with zero attached hydrogens (tertiary/aromatic N) is 1. The van der Waals surface area contributed by atoms with Crippen LogP contribution in [0.5, 0.6) is 0 Å². The van der Waals surface area contributed by atoms with E-state index in [-0.39, 0.29) is 24.5 Å². The molecule has 0 bridgehead atoms. The Morgan fingerprint density at radius 2 is 2.00 bits per heavy atom. The van der Waals surface area contributed by atoms with Crippen LogP contribution in [-0.2, 0) is 11.2 Å². The summed E-state index contributed by atoms with van der Waals surface area (Å²) in [6, 6.07) is 7.57. The van der Waals surface area contributed by atoms with Gasteiger partial charge in [0, 0.05) is 24.2 Å². The molecule has 1 aromatic carbocycles. The van der Waals surface area contributed by atoms with Crippen LogP contribution in [0.4, 0.5) is 0 Å². The number of nitrogens with one attached hydrogen (secondary N) is 1. The number of benzene rings is 1. The van der Waals surface area contributed by atoms with Crippen molar-refractivity contribution in [1.82, 2.24) is 5.32 Å². The van der Waals surface area contributed by atoms with E-state index in [0.29, 0.717) is 10.7 Å². The zero-order chi connectivity index (χ0) is 14.4. The molecule has 20 heavy (non-hydrogen) atoms. The van der Waals surface area contributed by atoms with Gasteiger partial charge in [-0.2, -0.15) is 0 Å². The Kier molecular flexibility index (Phi) is 5.35. The molecule has 0 aliphatic carbocycles. The van der Waals surface area contributed by atoms with Crippen molar-refractivity contribution in [3.05, 3.63) is 35.4 Å². The number of thioether (sulfide) groups is 1. The molecule has 5 heteroatoms. The summed E-state index contributed by atoms with van der Waals surface area (Å²) in [5.74, 6) is 0.777. The van der Waals surface area contributed by atoms with Crippen molar-refractivity contribution in [3.8, 4) is 0 Å². The quantitative estimate of drug-likeness (QED) is 0.847. The van der Waals surface area contributed by atoms with Crippen LogP contribution in [0.3, 0.4) is 0 Å². The minimum atomic E-state index is -0.142. The van der Waals surface area contributed by atoms with Crippen molar-refractivity contribution in [2.45, 2.75) is 26.2 Å². The number of carbonyl (C=O) groups excluding carboxylic acids is 2. The number of ketones is 1. The lowest BCUT2D eigenvalue weighted by Gasteiger charge is -2.04. The van der Waals surface area contributed by atoms with Crippen LogP contribution in [-0.4, -0.2) is 29.2 Å². The second-order valence-corrected chi connectivity index (χ2v) is 5.64. The number of hydrogen-bond donors (Lipinski definition) is 1. The maximum absolute atomic E-state index is 12.0. The smallest absolute Gasteiger partial charge is 0.226 e. The number of rotatable bonds is 5. The second-order valence-electron chi connectivity index (χ2n) is 4.56. The van der Waals surface area contributed by atoms with Crippen LogP contribution in [0.1, 0.15) is 35.7 Å². The molecule has 4 nitrogen and oxygen atoms in total. The monoisotopic (exact) mass is 290 g/mol. The Labute approximate surface area is 123 Å². The van der Waals surface area contributed by atoms with Crippen molar-refractivity contribution >= 4 is 28.6 Å². The Hall–Kier alpha value is -1.62. The highest BCUT2D eigenvalue weighted by Gasteiger charge is 2.13. The fourth-order valence-corrected chi connectivity index (χ4v) is 2.63. The number of amidine groups is 1. The van der Waals surface area contributed by atoms with Crippen LogP contribution < -0.4 is 5.32 Å². The van der Waals surface area contributed by atoms with Gasteiger partial charge in [0.25, 0.3) is 0 Å². The molecular formula is C15H18N2O2S. The zero-order valence-corrected chi connectivity index (χ0v) is 12.3. The first-order valence-electron chi connectivity index (χ1n) is 6.78. The van der Waals surface area contributed by atoms with E-state index in [4.69, 9.17) is 0 Å². The van der Waals surface area contributed by atoms with Gasteiger partial charge in [-0.05, 0) is 12.0 Å². The van der Waals surface area contributed by atoms with E-state index >= 15 is 0 Å². The number of Topliss-reactive ketones (excluding diaryl/α,β-unsaturated/α-hetero) is 1. The molecule has 1 aromatic rings. The lowest BCUT2D eigenvalue weighted by molar-refractivity contribution is -0.119. The summed E-state index contributed by atoms with van der Waals surface area (Å²) in [5, 5.41) is 3.40. The normalized spacial score (nSPS) is 13.9. The van der Waals surface area contributed by atoms with E-state index in [1.54, 1.807) is 0 Å². The van der Waals surface area contributed by atoms with Crippen LogP contribution in [0, 0.1) is 0 Å². The molecule has 0 radical (unpaired) electrons. The van der Waals surface area contributed by atoms with Gasteiger partial charge < -0.3 is 5.32 Å². The largest absolute Gasteiger partial charge is 0.305 e. The Morgan fingerprint density at radius 1 is 1.25 bits per heavy atom. The summed E-state index contributed by atoms with van der Waals surface area (Å²) in [6.45, 7) is 2.83. The molecule has 0 spiro atoms. The minimum Gasteiger partial charge on any atom is -0.305 e. The number of amides is 1. The Morgan fingerprint density at radius 3 is 2.60 bits per heavy atom. The van der Waals surface area contributed by atoms with Gasteiger partial charge in [0.1, 0.15) is 0 Å². The summed E-state index contributed by atoms with van der Waals surface area (Å²) in [6.07, 6.45) is 1.39. The molecule has 0 fully saturated rings. The van der Waals surface area contributed by atoms with E-state index in [1.807, 2.05) is 24.3 Å². The summed E-state index contributed by atoms with van der Waals surface area (Å²) in [7, 11) is 0. The maximum Gasteiger partial charge on any atom is 0.226 e. The highest BCUT2D eigenvalue weighted by Crippen LogP contribution is 2.11. The number of aryl methyl sites for hydroxylation is 1. The number of hydrogen-bond acceptors (Lipinski definition) is 4. The van der Waals surface area contributed by atoms with E-state index in [0.717, 1.165) is 18.7 Å². The van der Waals surface area contributed by atoms with Gasteiger partial charge in [0.05, 0.1) is 6.54 Å². The molecule has 0 saturated carbocycles. The van der Waals surface area contributed by atoms with Crippen molar-refractivity contribution in [2.75, 3.05) is 12.3 Å². The lowest BCUT2D eigenvalue weighted by atomic mass is 10.0. The van der Waals surface area contributed by atoms with Gasteiger partial charge in [0.2, 0.25) is 5.91 Å². The molecule has 0 saturated heterocycles. The van der Waals surface area contributed by atoms with Gasteiger partial charge in [-0.1, -0.05) is 43.0 Å². The SMILES string of the molecule is CCc1ccc(C(=O)CCC(=O)NC2=NCCS2)cc1. The highest BCUT2D eigenvalue weighted by atomic mass is 32.2. The van der Waals surface area contributed by atoms with Crippen LogP contribution >= 0.6 is 11.8 Å². The first kappa shape index (κ1) is 14.8. The van der Waals surface area contributed by atoms with Gasteiger partial charge in [-0.15, -0.1) is 0 Å². The summed E-state index contributed by atoms with van der Waals surface area (Å²) in [5.41, 5.74) is 1.87. The average Bonchev–Trinajstić information content (AvgIpc) is 2.97. The maximum atomic E-state index is 12.0. The number of carbonyl (C=O) groups is 2. The summed E-state index contributed by atoms with van der Waals surface area (Å²) < 4.78 is 0. The minimum absolute atomic E-state index is 0.00353. The molecule has 1 amide bonds. The Balaban J connectivity index is 1.80. The van der Waals surface area contributed by atoms with E-state index < -0.39 is 0 Å². The number of aliphatic imine (C=N–C) groups is 1. The molecule has 0 atom stereocenters. The van der Waals surface area contributed by atoms with Crippen LogP contribution in [0.15, 0.2) is 29.3 Å². The zero-order valence-electron chi connectivity index (χ0n) is 11.5. The van der Waals surface area contributed by atoms with Gasteiger partial charge in [-0.25, -0.2) is 0 Å². The predicted octanol–water partition coefficient (Wildman–Crippen LogP) is 2.43. The molecule has 1 aliphatic rings. The molecule has 2 rings (SSSR count). The molecule has 1 N–H and O–H groups in total. The molecular weight excluding hydrogens is 272 g/mol. The molecule has 0 unspecified atom stereocenters. The van der Waals surface area contributed by atoms with E-state index in [2.05, 4.69) is 17.2 Å². The third kappa shape index (κ3) is 4.20. The fourth-order valence-electron chi connectivity index (χ4n) is 1.89. The predicted molar refractivity (Wildman–Crippen MR) is 82.3 cm³/mol. The summed E-state index contributed by atoms with van der Waals surface area (Å²) >= 11 is 1.54. The highest BCUT2D eigenvalue weighted by molar-refractivity contribution is 8.14. The summed E-state index contributed by atoms with van der Waals surface area (Å²) in [4.78, 5) is 27.8. The van der Waals surface area contributed by atoms with E-state index in [1.165, 1.54) is 17.3 Å². The van der Waals surface area contributed by atoms with Gasteiger partial charge in [-0.3, -0.25) is 14.6 Å². The molecule has 0 aromatic heterocycles. The molecule has 1 heterocycles. The van der Waals surface area contributed by atoms with Gasteiger partial charge in [0.15, 0.2) is 11.0 Å². The van der Waals surface area contributed by atoms with Gasteiger partial charge >= 0.3 is 0 Å². The average molecular weight is 290 g/mol. The first-order valence-corrected chi connectivity index (χ1v) is 7.77. The standard InChI is InChI=1S/C15H18N2O2S/c1-2-11-3-5-12(6-4-11)13(18)7-8-14(19)17-15-16-9-10-20-15/h3-6H,2,7-10H2,1H3,(H,16,17,19). The third-order valence-electron chi connectivity index (χ3n) is 3.10. The Bertz CT molecular complexity index is 523. The van der Waals surface area contributed by atoms with Crippen molar-refractivity contribution in [2.24, 2.45) is 4.99 Å².